The Morgan fingerprint density at radius 3 is 2.00 bits per heavy atom. The molecule has 0 aromatic carbocycles. The van der Waals surface area contributed by atoms with Crippen LogP contribution in [0.3, 0.4) is 0 Å². The molecule has 3 heteroatoms. The molecule has 1 saturated carbocycles. The van der Waals surface area contributed by atoms with Crippen LogP contribution < -0.4 is 0 Å². The van der Waals surface area contributed by atoms with Gasteiger partial charge in [0.25, 0.3) is 0 Å². The van der Waals surface area contributed by atoms with E-state index >= 15 is 0 Å². The number of hydrogen-bond acceptors (Lipinski definition) is 2. The number of carbonyl (C=O) groups is 2. The van der Waals surface area contributed by atoms with Crippen LogP contribution in [0.2, 0.25) is 0 Å². The van der Waals surface area contributed by atoms with Crippen LogP contribution in [0.5, 0.6) is 0 Å². The van der Waals surface area contributed by atoms with Gasteiger partial charge in [-0.05, 0) is 12.8 Å². The van der Waals surface area contributed by atoms with Crippen molar-refractivity contribution in [1.29, 1.82) is 0 Å². The van der Waals surface area contributed by atoms with Crippen molar-refractivity contribution in [1.82, 2.24) is 4.90 Å². The predicted octanol–water partition coefficient (Wildman–Crippen LogP) is 1.96. The Morgan fingerprint density at radius 1 is 1.07 bits per heavy atom. The van der Waals surface area contributed by atoms with Gasteiger partial charge >= 0.3 is 0 Å². The zero-order valence-corrected chi connectivity index (χ0v) is 9.08. The summed E-state index contributed by atoms with van der Waals surface area (Å²) in [5.74, 6) is -0.0509. The minimum atomic E-state index is -0.153. The van der Waals surface area contributed by atoms with Crippen LogP contribution in [0, 0.1) is 5.92 Å². The Kier molecular flexibility index (Phi) is 4.11. The summed E-state index contributed by atoms with van der Waals surface area (Å²) in [7, 11) is 1.58. The first-order valence-corrected chi connectivity index (χ1v) is 5.41. The molecule has 0 bridgehead atoms. The number of hydrogen-bond donors (Lipinski definition) is 0. The highest BCUT2D eigenvalue weighted by Gasteiger charge is 2.24. The Morgan fingerprint density at radius 2 is 1.57 bits per heavy atom. The molecule has 0 aromatic heterocycles. The maximum Gasteiger partial charge on any atom is 0.232 e. The number of imide groups is 1. The van der Waals surface area contributed by atoms with Gasteiger partial charge in [0.15, 0.2) is 0 Å². The largest absolute Gasteiger partial charge is 0.286 e. The SMILES string of the molecule is CC(=O)N(C)C(=O)C1CCCCCC1. The second-order valence-electron chi connectivity index (χ2n) is 4.10. The monoisotopic (exact) mass is 197 g/mol. The molecule has 14 heavy (non-hydrogen) atoms. The van der Waals surface area contributed by atoms with Gasteiger partial charge in [-0.3, -0.25) is 14.5 Å². The lowest BCUT2D eigenvalue weighted by atomic mass is 9.99. The molecule has 0 aliphatic heterocycles. The van der Waals surface area contributed by atoms with E-state index in [2.05, 4.69) is 0 Å². The molecule has 0 N–H and O–H groups in total. The van der Waals surface area contributed by atoms with E-state index in [1.807, 2.05) is 0 Å². The Balaban J connectivity index is 2.53. The van der Waals surface area contributed by atoms with E-state index in [0.29, 0.717) is 0 Å². The lowest BCUT2D eigenvalue weighted by Gasteiger charge is -2.19. The van der Waals surface area contributed by atoms with E-state index in [1.54, 1.807) is 7.05 Å². The third kappa shape index (κ3) is 2.82. The van der Waals surface area contributed by atoms with E-state index in [1.165, 1.54) is 24.7 Å². The van der Waals surface area contributed by atoms with Crippen LogP contribution in [0.15, 0.2) is 0 Å². The smallest absolute Gasteiger partial charge is 0.232 e. The van der Waals surface area contributed by atoms with Crippen molar-refractivity contribution in [3.05, 3.63) is 0 Å². The van der Waals surface area contributed by atoms with E-state index < -0.39 is 0 Å². The summed E-state index contributed by atoms with van der Waals surface area (Å²) in [6.07, 6.45) is 6.62. The second kappa shape index (κ2) is 5.13. The molecule has 0 spiro atoms. The van der Waals surface area contributed by atoms with Gasteiger partial charge in [-0.1, -0.05) is 25.7 Å². The van der Waals surface area contributed by atoms with Gasteiger partial charge in [-0.2, -0.15) is 0 Å². The summed E-state index contributed by atoms with van der Waals surface area (Å²) in [6.45, 7) is 1.44. The highest BCUT2D eigenvalue weighted by atomic mass is 16.2. The molecule has 0 heterocycles. The summed E-state index contributed by atoms with van der Waals surface area (Å²) in [5, 5.41) is 0. The van der Waals surface area contributed by atoms with Crippen LogP contribution in [0.1, 0.15) is 45.4 Å². The second-order valence-corrected chi connectivity index (χ2v) is 4.10. The number of rotatable bonds is 1. The van der Waals surface area contributed by atoms with Crippen LogP contribution in [0.4, 0.5) is 0 Å². The Hall–Kier alpha value is -0.860. The standard InChI is InChI=1S/C11H19NO2/c1-9(13)12(2)11(14)10-7-5-3-4-6-8-10/h10H,3-8H2,1-2H3. The third-order valence-corrected chi connectivity index (χ3v) is 3.01. The summed E-state index contributed by atoms with van der Waals surface area (Å²) in [5.41, 5.74) is 0. The summed E-state index contributed by atoms with van der Waals surface area (Å²) in [6, 6.07) is 0. The molecule has 80 valence electrons. The summed E-state index contributed by atoms with van der Waals surface area (Å²) >= 11 is 0. The Bertz CT molecular complexity index is 217. The van der Waals surface area contributed by atoms with Gasteiger partial charge in [0.2, 0.25) is 11.8 Å². The van der Waals surface area contributed by atoms with Gasteiger partial charge < -0.3 is 0 Å². The third-order valence-electron chi connectivity index (χ3n) is 3.01. The van der Waals surface area contributed by atoms with Crippen molar-refractivity contribution in [3.8, 4) is 0 Å². The number of carbonyl (C=O) groups excluding carboxylic acids is 2. The number of amides is 2. The van der Waals surface area contributed by atoms with Crippen molar-refractivity contribution < 1.29 is 9.59 Å². The maximum atomic E-state index is 11.8. The molecule has 0 aromatic rings. The molecule has 3 nitrogen and oxygen atoms in total. The lowest BCUT2D eigenvalue weighted by molar-refractivity contribution is -0.144. The highest BCUT2D eigenvalue weighted by Crippen LogP contribution is 2.24. The maximum absolute atomic E-state index is 11.8. The van der Waals surface area contributed by atoms with Crippen LogP contribution in [-0.2, 0) is 9.59 Å². The average molecular weight is 197 g/mol. The van der Waals surface area contributed by atoms with Gasteiger partial charge in [0, 0.05) is 19.9 Å². The van der Waals surface area contributed by atoms with Gasteiger partial charge in [-0.25, -0.2) is 0 Å². The minimum Gasteiger partial charge on any atom is -0.286 e. The van der Waals surface area contributed by atoms with E-state index in [-0.39, 0.29) is 17.7 Å². The molecule has 1 rings (SSSR count). The molecule has 0 unspecified atom stereocenters. The molecular formula is C11H19NO2. The fraction of sp³-hybridized carbons (Fsp3) is 0.818. The van der Waals surface area contributed by atoms with Crippen molar-refractivity contribution in [3.63, 3.8) is 0 Å². The molecule has 1 aliphatic carbocycles. The lowest BCUT2D eigenvalue weighted by Crippen LogP contribution is -2.36. The van der Waals surface area contributed by atoms with Crippen molar-refractivity contribution in [2.45, 2.75) is 45.4 Å². The van der Waals surface area contributed by atoms with Crippen LogP contribution >= 0.6 is 0 Å². The molecule has 1 aliphatic rings. The van der Waals surface area contributed by atoms with E-state index in [0.717, 1.165) is 25.7 Å². The first kappa shape index (κ1) is 11.2. The molecule has 1 fully saturated rings. The highest BCUT2D eigenvalue weighted by molar-refractivity contribution is 5.94. The van der Waals surface area contributed by atoms with Gasteiger partial charge in [0.1, 0.15) is 0 Å². The predicted molar refractivity (Wildman–Crippen MR) is 54.6 cm³/mol. The molecule has 0 radical (unpaired) electrons. The Labute approximate surface area is 85.5 Å². The quantitative estimate of drug-likeness (QED) is 0.603. The zero-order valence-electron chi connectivity index (χ0n) is 9.08. The number of nitrogens with zero attached hydrogens (tertiary/aromatic N) is 1. The first-order chi connectivity index (χ1) is 6.63. The van der Waals surface area contributed by atoms with Gasteiger partial charge in [0.05, 0.1) is 0 Å². The summed E-state index contributed by atoms with van der Waals surface area (Å²) < 4.78 is 0. The topological polar surface area (TPSA) is 37.4 Å². The van der Waals surface area contributed by atoms with Crippen molar-refractivity contribution in [2.75, 3.05) is 7.05 Å². The molecule has 0 saturated heterocycles. The minimum absolute atomic E-state index is 0.0133. The van der Waals surface area contributed by atoms with Gasteiger partial charge in [-0.15, -0.1) is 0 Å². The van der Waals surface area contributed by atoms with E-state index in [9.17, 15) is 9.59 Å². The fourth-order valence-electron chi connectivity index (χ4n) is 1.96. The van der Waals surface area contributed by atoms with Crippen molar-refractivity contribution >= 4 is 11.8 Å². The van der Waals surface area contributed by atoms with Crippen molar-refractivity contribution in [2.24, 2.45) is 5.92 Å². The molecule has 0 atom stereocenters. The first-order valence-electron chi connectivity index (χ1n) is 5.41. The summed E-state index contributed by atoms with van der Waals surface area (Å²) in [4.78, 5) is 24.1. The molecular weight excluding hydrogens is 178 g/mol. The van der Waals surface area contributed by atoms with E-state index in [4.69, 9.17) is 0 Å². The van der Waals surface area contributed by atoms with Crippen LogP contribution in [0.25, 0.3) is 0 Å². The normalized spacial score (nSPS) is 18.7. The zero-order chi connectivity index (χ0) is 10.6. The molecule has 2 amide bonds. The van der Waals surface area contributed by atoms with Crippen LogP contribution in [-0.4, -0.2) is 23.8 Å². The average Bonchev–Trinajstić information content (AvgIpc) is 2.43. The fourth-order valence-corrected chi connectivity index (χ4v) is 1.96.